The Hall–Kier alpha value is -1.81. The molecule has 0 aliphatic carbocycles. The smallest absolute Gasteiger partial charge is 0.267 e. The summed E-state index contributed by atoms with van der Waals surface area (Å²) >= 11 is 1.44. The minimum absolute atomic E-state index is 0.251. The number of hydrogen-bond donors (Lipinski definition) is 0. The van der Waals surface area contributed by atoms with Crippen LogP contribution in [0.15, 0.2) is 71.6 Å². The molecule has 1 atom stereocenters. The number of rotatable bonds is 7. The number of aryl methyl sites for hydroxylation is 1. The first-order valence-electron chi connectivity index (χ1n) is 7.05. The van der Waals surface area contributed by atoms with Gasteiger partial charge in [-0.15, -0.1) is 11.8 Å². The zero-order valence-corrected chi connectivity index (χ0v) is 13.2. The van der Waals surface area contributed by atoms with E-state index in [1.807, 2.05) is 54.6 Å². The summed E-state index contributed by atoms with van der Waals surface area (Å²) in [4.78, 5) is 0.955. The van der Waals surface area contributed by atoms with Gasteiger partial charge in [-0.2, -0.15) is 8.78 Å². The predicted molar refractivity (Wildman–Crippen MR) is 87.7 cm³/mol. The van der Waals surface area contributed by atoms with Crippen molar-refractivity contribution in [3.63, 3.8) is 0 Å². The van der Waals surface area contributed by atoms with Gasteiger partial charge in [-0.25, -0.2) is 0 Å². The molecule has 0 spiro atoms. The molecule has 22 heavy (non-hydrogen) atoms. The maximum absolute atomic E-state index is 12.7. The molecule has 4 heteroatoms. The van der Waals surface area contributed by atoms with Crippen molar-refractivity contribution in [1.29, 1.82) is 0 Å². The number of hydrogen-bond acceptors (Lipinski definition) is 2. The number of halogens is 2. The Morgan fingerprint density at radius 3 is 2.36 bits per heavy atom. The summed E-state index contributed by atoms with van der Waals surface area (Å²) in [6.45, 7) is 0. The second kappa shape index (κ2) is 8.59. The number of thioether (sulfide) groups is 1. The first-order chi connectivity index (χ1) is 10.7. The molecule has 0 fully saturated rings. The van der Waals surface area contributed by atoms with Crippen molar-refractivity contribution in [3.8, 4) is 5.75 Å². The highest BCUT2D eigenvalue weighted by Crippen LogP contribution is 2.30. The Bertz CT molecular complexity index is 592. The van der Waals surface area contributed by atoms with E-state index >= 15 is 0 Å². The molecule has 0 saturated heterocycles. The van der Waals surface area contributed by atoms with E-state index in [0.717, 1.165) is 28.7 Å². The van der Waals surface area contributed by atoms with Gasteiger partial charge in [0.2, 0.25) is 0 Å². The summed E-state index contributed by atoms with van der Waals surface area (Å²) in [5, 5.41) is -0.251. The van der Waals surface area contributed by atoms with E-state index in [-0.39, 0.29) is 5.25 Å². The van der Waals surface area contributed by atoms with Crippen LogP contribution in [0.1, 0.15) is 12.0 Å². The van der Waals surface area contributed by atoms with Crippen molar-refractivity contribution in [2.24, 2.45) is 0 Å². The summed E-state index contributed by atoms with van der Waals surface area (Å²) < 4.78 is 30.4. The molecule has 0 radical (unpaired) electrons. The standard InChI is InChI=1S/C18H18F2OS/c1-21-15-8-11-16(12-9-15)22-17(13-18(19)20)10-7-14-5-3-2-4-6-14/h2-6,8-9,11-13,17H,7,10H2,1H3/t17-/m1/s1. The lowest BCUT2D eigenvalue weighted by Crippen LogP contribution is -2.01. The molecule has 0 saturated carbocycles. The third kappa shape index (κ3) is 5.53. The fraction of sp³-hybridized carbons (Fsp3) is 0.222. The fourth-order valence-electron chi connectivity index (χ4n) is 2.10. The molecular weight excluding hydrogens is 302 g/mol. The van der Waals surface area contributed by atoms with Crippen LogP contribution in [0.2, 0.25) is 0 Å². The average molecular weight is 320 g/mol. The maximum atomic E-state index is 12.7. The lowest BCUT2D eigenvalue weighted by atomic mass is 10.1. The van der Waals surface area contributed by atoms with Crippen LogP contribution in [-0.4, -0.2) is 12.4 Å². The highest BCUT2D eigenvalue weighted by Gasteiger charge is 2.10. The molecule has 0 aromatic heterocycles. The summed E-state index contributed by atoms with van der Waals surface area (Å²) in [6, 6.07) is 17.4. The fourth-order valence-corrected chi connectivity index (χ4v) is 3.15. The van der Waals surface area contributed by atoms with Crippen LogP contribution < -0.4 is 4.74 Å². The van der Waals surface area contributed by atoms with E-state index in [9.17, 15) is 8.78 Å². The van der Waals surface area contributed by atoms with Crippen molar-refractivity contribution < 1.29 is 13.5 Å². The van der Waals surface area contributed by atoms with Crippen molar-refractivity contribution in [2.45, 2.75) is 23.0 Å². The molecular formula is C18H18F2OS. The predicted octanol–water partition coefficient (Wildman–Crippen LogP) is 5.57. The molecule has 2 aromatic carbocycles. The molecule has 0 heterocycles. The Morgan fingerprint density at radius 2 is 1.77 bits per heavy atom. The topological polar surface area (TPSA) is 9.23 Å². The maximum Gasteiger partial charge on any atom is 0.267 e. The van der Waals surface area contributed by atoms with Crippen molar-refractivity contribution in [3.05, 3.63) is 72.3 Å². The van der Waals surface area contributed by atoms with E-state index in [1.165, 1.54) is 11.8 Å². The SMILES string of the molecule is COc1ccc(S[C@@H](C=C(F)F)CCc2ccccc2)cc1. The Morgan fingerprint density at radius 1 is 1.09 bits per heavy atom. The van der Waals surface area contributed by atoms with Crippen molar-refractivity contribution in [1.82, 2.24) is 0 Å². The molecule has 0 aliphatic rings. The third-order valence-electron chi connectivity index (χ3n) is 3.22. The zero-order chi connectivity index (χ0) is 15.8. The summed E-state index contributed by atoms with van der Waals surface area (Å²) in [5.41, 5.74) is 1.16. The van der Waals surface area contributed by atoms with Crippen molar-refractivity contribution in [2.75, 3.05) is 7.11 Å². The Balaban J connectivity index is 2.00. The largest absolute Gasteiger partial charge is 0.497 e. The van der Waals surface area contributed by atoms with Gasteiger partial charge in [-0.05, 0) is 48.7 Å². The second-order valence-corrected chi connectivity index (χ2v) is 6.13. The van der Waals surface area contributed by atoms with Crippen LogP contribution in [0.4, 0.5) is 8.78 Å². The molecule has 2 rings (SSSR count). The monoisotopic (exact) mass is 320 g/mol. The minimum atomic E-state index is -1.63. The van der Waals surface area contributed by atoms with Gasteiger partial charge in [0.15, 0.2) is 0 Å². The van der Waals surface area contributed by atoms with Gasteiger partial charge in [-0.1, -0.05) is 30.3 Å². The normalized spacial score (nSPS) is 11.8. The highest BCUT2D eigenvalue weighted by atomic mass is 32.2. The Kier molecular flexibility index (Phi) is 6.46. The van der Waals surface area contributed by atoms with Gasteiger partial charge in [0.05, 0.1) is 7.11 Å². The second-order valence-electron chi connectivity index (χ2n) is 4.81. The van der Waals surface area contributed by atoms with Crippen LogP contribution in [0.25, 0.3) is 0 Å². The van der Waals surface area contributed by atoms with Crippen LogP contribution in [0, 0.1) is 0 Å². The molecule has 0 aliphatic heterocycles. The molecule has 116 valence electrons. The first-order valence-corrected chi connectivity index (χ1v) is 7.93. The lowest BCUT2D eigenvalue weighted by Gasteiger charge is -2.12. The zero-order valence-electron chi connectivity index (χ0n) is 12.3. The van der Waals surface area contributed by atoms with Crippen LogP contribution >= 0.6 is 11.8 Å². The van der Waals surface area contributed by atoms with Crippen LogP contribution in [0.5, 0.6) is 5.75 Å². The van der Waals surface area contributed by atoms with Gasteiger partial charge in [-0.3, -0.25) is 0 Å². The van der Waals surface area contributed by atoms with Crippen molar-refractivity contribution >= 4 is 11.8 Å². The summed E-state index contributed by atoms with van der Waals surface area (Å²) in [6.07, 6.45) is 0.855. The summed E-state index contributed by atoms with van der Waals surface area (Å²) in [5.74, 6) is 0.761. The van der Waals surface area contributed by atoms with E-state index in [4.69, 9.17) is 4.74 Å². The van der Waals surface area contributed by atoms with E-state index in [0.29, 0.717) is 6.42 Å². The van der Waals surface area contributed by atoms with Gasteiger partial charge in [0.25, 0.3) is 6.08 Å². The number of benzene rings is 2. The average Bonchev–Trinajstić information content (AvgIpc) is 2.54. The molecule has 0 N–H and O–H groups in total. The van der Waals surface area contributed by atoms with Gasteiger partial charge in [0.1, 0.15) is 5.75 Å². The first kappa shape index (κ1) is 16.6. The van der Waals surface area contributed by atoms with Gasteiger partial charge < -0.3 is 4.74 Å². The van der Waals surface area contributed by atoms with E-state index in [1.54, 1.807) is 7.11 Å². The minimum Gasteiger partial charge on any atom is -0.497 e. The third-order valence-corrected chi connectivity index (χ3v) is 4.44. The number of methoxy groups -OCH3 is 1. The lowest BCUT2D eigenvalue weighted by molar-refractivity contribution is 0.414. The van der Waals surface area contributed by atoms with E-state index < -0.39 is 6.08 Å². The molecule has 2 aromatic rings. The highest BCUT2D eigenvalue weighted by molar-refractivity contribution is 8.00. The Labute approximate surface area is 134 Å². The molecule has 0 bridgehead atoms. The van der Waals surface area contributed by atoms with E-state index in [2.05, 4.69) is 0 Å². The molecule has 1 nitrogen and oxygen atoms in total. The quantitative estimate of drug-likeness (QED) is 0.617. The molecule has 0 unspecified atom stereocenters. The van der Waals surface area contributed by atoms with Gasteiger partial charge in [0, 0.05) is 10.1 Å². The van der Waals surface area contributed by atoms with Crippen LogP contribution in [0.3, 0.4) is 0 Å². The molecule has 0 amide bonds. The number of ether oxygens (including phenoxy) is 1. The summed E-state index contributed by atoms with van der Waals surface area (Å²) in [7, 11) is 1.60. The van der Waals surface area contributed by atoms with Crippen LogP contribution in [-0.2, 0) is 6.42 Å². The van der Waals surface area contributed by atoms with Gasteiger partial charge >= 0.3 is 0 Å².